The topological polar surface area (TPSA) is 41.5 Å². The van der Waals surface area contributed by atoms with Crippen LogP contribution in [-0.2, 0) is 6.54 Å². The molecule has 3 nitrogen and oxygen atoms in total. The lowest BCUT2D eigenvalue weighted by atomic mass is 9.92. The Bertz CT molecular complexity index is 354. The molecule has 94 valence electrons. The van der Waals surface area contributed by atoms with Gasteiger partial charge in [0.1, 0.15) is 5.75 Å². The van der Waals surface area contributed by atoms with Gasteiger partial charge in [-0.3, -0.25) is 0 Å². The molecule has 1 aliphatic rings. The molecule has 0 aliphatic heterocycles. The van der Waals surface area contributed by atoms with Gasteiger partial charge in [0, 0.05) is 18.2 Å². The van der Waals surface area contributed by atoms with Crippen LogP contribution in [-0.4, -0.2) is 24.4 Å². The summed E-state index contributed by atoms with van der Waals surface area (Å²) in [6, 6.07) is 8.23. The fraction of sp³-hybridized carbons (Fsp3) is 0.571. The van der Waals surface area contributed by atoms with Crippen LogP contribution in [0.3, 0.4) is 0 Å². The fourth-order valence-corrected chi connectivity index (χ4v) is 2.44. The molecule has 1 aromatic rings. The third-order valence-electron chi connectivity index (χ3n) is 3.48. The number of benzene rings is 1. The maximum Gasteiger partial charge on any atom is 0.123 e. The second-order valence-corrected chi connectivity index (χ2v) is 4.65. The molecule has 0 heterocycles. The summed E-state index contributed by atoms with van der Waals surface area (Å²) in [5, 5.41) is 13.3. The Hall–Kier alpha value is -1.06. The summed E-state index contributed by atoms with van der Waals surface area (Å²) in [6.07, 6.45) is 4.15. The lowest BCUT2D eigenvalue weighted by Gasteiger charge is -2.28. The van der Waals surface area contributed by atoms with Crippen LogP contribution in [0.1, 0.15) is 31.2 Å². The van der Waals surface area contributed by atoms with E-state index in [2.05, 4.69) is 11.4 Å². The summed E-state index contributed by atoms with van der Waals surface area (Å²) < 4.78 is 5.31. The van der Waals surface area contributed by atoms with Crippen LogP contribution in [0.25, 0.3) is 0 Å². The smallest absolute Gasteiger partial charge is 0.123 e. The summed E-state index contributed by atoms with van der Waals surface area (Å²) in [4.78, 5) is 0. The number of rotatable bonds is 4. The highest BCUT2D eigenvalue weighted by molar-refractivity contribution is 5.33. The van der Waals surface area contributed by atoms with Crippen molar-refractivity contribution in [1.82, 2.24) is 5.32 Å². The third kappa shape index (κ3) is 3.20. The van der Waals surface area contributed by atoms with Crippen molar-refractivity contribution in [2.24, 2.45) is 0 Å². The zero-order valence-electron chi connectivity index (χ0n) is 10.4. The number of aliphatic hydroxyl groups is 1. The molecular formula is C14H21NO2. The SMILES string of the molecule is COc1ccccc1CN[C@H]1CCCC[C@@H]1O. The zero-order valence-corrected chi connectivity index (χ0v) is 10.4. The monoisotopic (exact) mass is 235 g/mol. The van der Waals surface area contributed by atoms with Crippen molar-refractivity contribution < 1.29 is 9.84 Å². The molecular weight excluding hydrogens is 214 g/mol. The van der Waals surface area contributed by atoms with E-state index in [4.69, 9.17) is 4.74 Å². The molecule has 0 saturated heterocycles. The summed E-state index contributed by atoms with van der Waals surface area (Å²) >= 11 is 0. The van der Waals surface area contributed by atoms with Crippen LogP contribution < -0.4 is 10.1 Å². The van der Waals surface area contributed by atoms with Gasteiger partial charge < -0.3 is 15.2 Å². The lowest BCUT2D eigenvalue weighted by Crippen LogP contribution is -2.41. The Morgan fingerprint density at radius 2 is 2.06 bits per heavy atom. The number of ether oxygens (including phenoxy) is 1. The highest BCUT2D eigenvalue weighted by Gasteiger charge is 2.22. The third-order valence-corrected chi connectivity index (χ3v) is 3.48. The molecule has 1 aliphatic carbocycles. The average Bonchev–Trinajstić information content (AvgIpc) is 2.38. The van der Waals surface area contributed by atoms with Crippen LogP contribution >= 0.6 is 0 Å². The minimum absolute atomic E-state index is 0.196. The summed E-state index contributed by atoms with van der Waals surface area (Å²) in [5.41, 5.74) is 1.15. The van der Waals surface area contributed by atoms with E-state index in [1.165, 1.54) is 6.42 Å². The van der Waals surface area contributed by atoms with E-state index in [1.807, 2.05) is 18.2 Å². The van der Waals surface area contributed by atoms with Crippen molar-refractivity contribution in [2.45, 2.75) is 44.4 Å². The Kier molecular flexibility index (Phi) is 4.40. The second kappa shape index (κ2) is 6.03. The number of aliphatic hydroxyl groups excluding tert-OH is 1. The van der Waals surface area contributed by atoms with E-state index in [9.17, 15) is 5.11 Å². The molecule has 0 radical (unpaired) electrons. The van der Waals surface area contributed by atoms with Gasteiger partial charge in [0.05, 0.1) is 13.2 Å². The summed E-state index contributed by atoms with van der Waals surface area (Å²) in [5.74, 6) is 0.908. The van der Waals surface area contributed by atoms with Gasteiger partial charge in [-0.25, -0.2) is 0 Å². The van der Waals surface area contributed by atoms with Crippen LogP contribution in [0.4, 0.5) is 0 Å². The Morgan fingerprint density at radius 3 is 2.82 bits per heavy atom. The van der Waals surface area contributed by atoms with Crippen molar-refractivity contribution in [3.63, 3.8) is 0 Å². The van der Waals surface area contributed by atoms with Crippen LogP contribution in [0.15, 0.2) is 24.3 Å². The predicted molar refractivity (Wildman–Crippen MR) is 68.1 cm³/mol. The molecule has 0 aromatic heterocycles. The van der Waals surface area contributed by atoms with Crippen LogP contribution in [0.2, 0.25) is 0 Å². The molecule has 0 amide bonds. The molecule has 0 spiro atoms. The molecule has 2 rings (SSSR count). The van der Waals surface area contributed by atoms with Gasteiger partial charge in [-0.05, 0) is 18.9 Å². The minimum atomic E-state index is -0.196. The molecule has 0 unspecified atom stereocenters. The van der Waals surface area contributed by atoms with E-state index >= 15 is 0 Å². The van der Waals surface area contributed by atoms with E-state index in [0.717, 1.165) is 37.1 Å². The van der Waals surface area contributed by atoms with E-state index in [-0.39, 0.29) is 12.1 Å². The molecule has 3 heteroatoms. The number of methoxy groups -OCH3 is 1. The van der Waals surface area contributed by atoms with Crippen molar-refractivity contribution >= 4 is 0 Å². The van der Waals surface area contributed by atoms with Crippen molar-refractivity contribution in [2.75, 3.05) is 7.11 Å². The molecule has 17 heavy (non-hydrogen) atoms. The largest absolute Gasteiger partial charge is 0.496 e. The van der Waals surface area contributed by atoms with Gasteiger partial charge >= 0.3 is 0 Å². The number of para-hydroxylation sites is 1. The average molecular weight is 235 g/mol. The van der Waals surface area contributed by atoms with Gasteiger partial charge in [0.25, 0.3) is 0 Å². The predicted octanol–water partition coefficient (Wildman–Crippen LogP) is 2.09. The van der Waals surface area contributed by atoms with Crippen molar-refractivity contribution in [3.05, 3.63) is 29.8 Å². The highest BCUT2D eigenvalue weighted by Crippen LogP contribution is 2.21. The Morgan fingerprint density at radius 1 is 1.29 bits per heavy atom. The van der Waals surface area contributed by atoms with Gasteiger partial charge in [0.15, 0.2) is 0 Å². The van der Waals surface area contributed by atoms with Gasteiger partial charge in [-0.1, -0.05) is 31.0 Å². The second-order valence-electron chi connectivity index (χ2n) is 4.65. The summed E-state index contributed by atoms with van der Waals surface area (Å²) in [6.45, 7) is 0.756. The maximum atomic E-state index is 9.88. The molecule has 0 bridgehead atoms. The molecule has 2 N–H and O–H groups in total. The highest BCUT2D eigenvalue weighted by atomic mass is 16.5. The first-order chi connectivity index (χ1) is 8.31. The van der Waals surface area contributed by atoms with Crippen molar-refractivity contribution in [1.29, 1.82) is 0 Å². The van der Waals surface area contributed by atoms with Gasteiger partial charge in [0.2, 0.25) is 0 Å². The van der Waals surface area contributed by atoms with Crippen LogP contribution in [0.5, 0.6) is 5.75 Å². The Balaban J connectivity index is 1.92. The van der Waals surface area contributed by atoms with E-state index < -0.39 is 0 Å². The Labute approximate surface area is 103 Å². The first kappa shape index (κ1) is 12.4. The zero-order chi connectivity index (χ0) is 12.1. The number of hydrogen-bond donors (Lipinski definition) is 2. The fourth-order valence-electron chi connectivity index (χ4n) is 2.44. The van der Waals surface area contributed by atoms with Crippen LogP contribution in [0, 0.1) is 0 Å². The maximum absolute atomic E-state index is 9.88. The standard InChI is InChI=1S/C14H21NO2/c1-17-14-9-5-2-6-11(14)10-15-12-7-3-4-8-13(12)16/h2,5-6,9,12-13,15-16H,3-4,7-8,10H2,1H3/t12-,13-/m0/s1. The molecule has 1 aromatic carbocycles. The first-order valence-electron chi connectivity index (χ1n) is 6.34. The molecule has 1 fully saturated rings. The molecule has 1 saturated carbocycles. The normalized spacial score (nSPS) is 24.6. The van der Waals surface area contributed by atoms with E-state index in [1.54, 1.807) is 7.11 Å². The molecule has 2 atom stereocenters. The van der Waals surface area contributed by atoms with Gasteiger partial charge in [-0.15, -0.1) is 0 Å². The lowest BCUT2D eigenvalue weighted by molar-refractivity contribution is 0.0901. The quantitative estimate of drug-likeness (QED) is 0.839. The number of nitrogens with one attached hydrogen (secondary N) is 1. The number of hydrogen-bond acceptors (Lipinski definition) is 3. The van der Waals surface area contributed by atoms with E-state index in [0.29, 0.717) is 0 Å². The van der Waals surface area contributed by atoms with Crippen molar-refractivity contribution in [3.8, 4) is 5.75 Å². The summed E-state index contributed by atoms with van der Waals surface area (Å²) in [7, 11) is 1.69. The first-order valence-corrected chi connectivity index (χ1v) is 6.34. The van der Waals surface area contributed by atoms with Gasteiger partial charge in [-0.2, -0.15) is 0 Å². The minimum Gasteiger partial charge on any atom is -0.496 e.